The molecule has 3 rings (SSSR count). The van der Waals surface area contributed by atoms with Gasteiger partial charge in [0.15, 0.2) is 0 Å². The summed E-state index contributed by atoms with van der Waals surface area (Å²) in [5.74, 6) is -0.201. The van der Waals surface area contributed by atoms with E-state index < -0.39 is 0 Å². The number of anilines is 1. The second-order valence-electron chi connectivity index (χ2n) is 5.64. The highest BCUT2D eigenvalue weighted by atomic mass is 79.9. The van der Waals surface area contributed by atoms with E-state index >= 15 is 0 Å². The summed E-state index contributed by atoms with van der Waals surface area (Å²) in [4.78, 5) is 2.23. The van der Waals surface area contributed by atoms with Gasteiger partial charge < -0.3 is 10.2 Å². The largest absolute Gasteiger partial charge is 0.367 e. The zero-order valence-electron chi connectivity index (χ0n) is 11.9. The van der Waals surface area contributed by atoms with Crippen molar-refractivity contribution in [3.05, 3.63) is 64.4 Å². The monoisotopic (exact) mass is 348 g/mol. The van der Waals surface area contributed by atoms with Crippen LogP contribution in [0.15, 0.2) is 53.0 Å². The van der Waals surface area contributed by atoms with Gasteiger partial charge in [-0.25, -0.2) is 4.39 Å². The summed E-state index contributed by atoms with van der Waals surface area (Å²) in [6.07, 6.45) is 0. The Balaban J connectivity index is 1.91. The highest BCUT2D eigenvalue weighted by Crippen LogP contribution is 2.32. The molecule has 1 unspecified atom stereocenters. The van der Waals surface area contributed by atoms with Gasteiger partial charge in [-0.05, 0) is 46.6 Å². The standard InChI is InChI=1S/C17H18BrFN2/c1-17(13-5-3-2-4-6-13)12-21(10-9-20-17)16-11-14(19)7-8-15(16)18/h2-8,11,20H,9-10,12H2,1H3. The molecule has 1 fully saturated rings. The first kappa shape index (κ1) is 14.5. The summed E-state index contributed by atoms with van der Waals surface area (Å²) in [5, 5.41) is 3.59. The van der Waals surface area contributed by atoms with Crippen molar-refractivity contribution in [2.75, 3.05) is 24.5 Å². The fraction of sp³-hybridized carbons (Fsp3) is 0.294. The summed E-state index contributed by atoms with van der Waals surface area (Å²) in [5.41, 5.74) is 2.03. The molecule has 1 atom stereocenters. The van der Waals surface area contributed by atoms with Crippen LogP contribution in [0.1, 0.15) is 12.5 Å². The third-order valence-corrected chi connectivity index (χ3v) is 4.73. The zero-order valence-corrected chi connectivity index (χ0v) is 13.5. The van der Waals surface area contributed by atoms with Gasteiger partial charge >= 0.3 is 0 Å². The van der Waals surface area contributed by atoms with Crippen LogP contribution in [0.25, 0.3) is 0 Å². The minimum absolute atomic E-state index is 0.134. The van der Waals surface area contributed by atoms with Gasteiger partial charge in [0.1, 0.15) is 5.82 Å². The van der Waals surface area contributed by atoms with Crippen LogP contribution in [0.4, 0.5) is 10.1 Å². The second kappa shape index (κ2) is 5.78. The van der Waals surface area contributed by atoms with Crippen molar-refractivity contribution in [2.24, 2.45) is 0 Å². The molecule has 0 aliphatic carbocycles. The van der Waals surface area contributed by atoms with Crippen molar-refractivity contribution < 1.29 is 4.39 Å². The van der Waals surface area contributed by atoms with E-state index in [-0.39, 0.29) is 11.4 Å². The average molecular weight is 349 g/mol. The average Bonchev–Trinajstić information content (AvgIpc) is 2.51. The molecule has 110 valence electrons. The predicted octanol–water partition coefficient (Wildman–Crippen LogP) is 3.91. The molecule has 2 nitrogen and oxygen atoms in total. The molecule has 0 amide bonds. The molecule has 0 radical (unpaired) electrons. The minimum Gasteiger partial charge on any atom is -0.367 e. The maximum atomic E-state index is 13.6. The molecule has 0 bridgehead atoms. The molecule has 2 aromatic rings. The molecule has 4 heteroatoms. The van der Waals surface area contributed by atoms with Crippen molar-refractivity contribution in [2.45, 2.75) is 12.5 Å². The maximum absolute atomic E-state index is 13.6. The first-order valence-corrected chi connectivity index (χ1v) is 7.88. The van der Waals surface area contributed by atoms with Crippen molar-refractivity contribution in [1.82, 2.24) is 5.32 Å². The van der Waals surface area contributed by atoms with E-state index in [0.717, 1.165) is 29.8 Å². The third kappa shape index (κ3) is 2.97. The molecule has 0 aromatic heterocycles. The molecule has 2 aromatic carbocycles. The number of benzene rings is 2. The van der Waals surface area contributed by atoms with E-state index in [1.165, 1.54) is 11.6 Å². The Morgan fingerprint density at radius 3 is 2.71 bits per heavy atom. The Morgan fingerprint density at radius 1 is 1.19 bits per heavy atom. The van der Waals surface area contributed by atoms with Gasteiger partial charge in [-0.3, -0.25) is 0 Å². The predicted molar refractivity (Wildman–Crippen MR) is 88.1 cm³/mol. The van der Waals surface area contributed by atoms with Crippen LogP contribution in [-0.2, 0) is 5.54 Å². The second-order valence-corrected chi connectivity index (χ2v) is 6.50. The minimum atomic E-state index is -0.201. The molecule has 21 heavy (non-hydrogen) atoms. The summed E-state index contributed by atoms with van der Waals surface area (Å²) < 4.78 is 14.5. The van der Waals surface area contributed by atoms with Gasteiger partial charge in [-0.2, -0.15) is 0 Å². The highest BCUT2D eigenvalue weighted by Gasteiger charge is 2.32. The lowest BCUT2D eigenvalue weighted by Crippen LogP contribution is -2.56. The van der Waals surface area contributed by atoms with Crippen LogP contribution in [-0.4, -0.2) is 19.6 Å². The van der Waals surface area contributed by atoms with Crippen LogP contribution in [0.2, 0.25) is 0 Å². The third-order valence-electron chi connectivity index (χ3n) is 4.06. The van der Waals surface area contributed by atoms with Crippen molar-refractivity contribution in [3.8, 4) is 0 Å². The summed E-state index contributed by atoms with van der Waals surface area (Å²) in [6, 6.07) is 15.3. The van der Waals surface area contributed by atoms with Gasteiger partial charge in [0.05, 0.1) is 11.2 Å². The number of hydrogen-bond donors (Lipinski definition) is 1. The Kier molecular flexibility index (Phi) is 4.00. The Labute approximate surface area is 133 Å². The number of rotatable bonds is 2. The molecule has 0 saturated carbocycles. The number of nitrogens with zero attached hydrogens (tertiary/aromatic N) is 1. The summed E-state index contributed by atoms with van der Waals surface area (Å²) in [7, 11) is 0. The van der Waals surface area contributed by atoms with E-state index in [1.54, 1.807) is 12.1 Å². The van der Waals surface area contributed by atoms with E-state index in [4.69, 9.17) is 0 Å². The van der Waals surface area contributed by atoms with Crippen molar-refractivity contribution in [3.63, 3.8) is 0 Å². The van der Waals surface area contributed by atoms with E-state index in [2.05, 4.69) is 57.3 Å². The normalized spacial score (nSPS) is 22.3. The molecule has 1 heterocycles. The van der Waals surface area contributed by atoms with Gasteiger partial charge in [0.2, 0.25) is 0 Å². The quantitative estimate of drug-likeness (QED) is 0.884. The molecule has 1 N–H and O–H groups in total. The Bertz CT molecular complexity index is 632. The van der Waals surface area contributed by atoms with E-state index in [9.17, 15) is 4.39 Å². The molecule has 1 aliphatic rings. The van der Waals surface area contributed by atoms with Gasteiger partial charge in [0, 0.05) is 24.1 Å². The molecule has 1 aliphatic heterocycles. The first-order chi connectivity index (χ1) is 10.1. The number of halogens is 2. The SMILES string of the molecule is CC1(c2ccccc2)CN(c2cc(F)ccc2Br)CCN1. The molecular formula is C17H18BrFN2. The van der Waals surface area contributed by atoms with Crippen molar-refractivity contribution in [1.29, 1.82) is 0 Å². The summed E-state index contributed by atoms with van der Waals surface area (Å²) >= 11 is 3.53. The van der Waals surface area contributed by atoms with E-state index in [0.29, 0.717) is 0 Å². The topological polar surface area (TPSA) is 15.3 Å². The molecular weight excluding hydrogens is 331 g/mol. The van der Waals surface area contributed by atoms with Gasteiger partial charge in [-0.15, -0.1) is 0 Å². The van der Waals surface area contributed by atoms with Crippen molar-refractivity contribution >= 4 is 21.6 Å². The molecule has 0 spiro atoms. The number of hydrogen-bond acceptors (Lipinski definition) is 2. The first-order valence-electron chi connectivity index (χ1n) is 7.09. The summed E-state index contributed by atoms with van der Waals surface area (Å²) in [6.45, 7) is 4.74. The van der Waals surface area contributed by atoms with Crippen LogP contribution in [0, 0.1) is 5.82 Å². The van der Waals surface area contributed by atoms with E-state index in [1.807, 2.05) is 6.07 Å². The lowest BCUT2D eigenvalue weighted by Gasteiger charge is -2.43. The highest BCUT2D eigenvalue weighted by molar-refractivity contribution is 9.10. The van der Waals surface area contributed by atoms with Gasteiger partial charge in [0.25, 0.3) is 0 Å². The van der Waals surface area contributed by atoms with Crippen LogP contribution < -0.4 is 10.2 Å². The fourth-order valence-electron chi connectivity index (χ4n) is 2.92. The van der Waals surface area contributed by atoms with Crippen LogP contribution >= 0.6 is 15.9 Å². The fourth-order valence-corrected chi connectivity index (χ4v) is 3.41. The Hall–Kier alpha value is -1.39. The Morgan fingerprint density at radius 2 is 1.95 bits per heavy atom. The molecule has 1 saturated heterocycles. The van der Waals surface area contributed by atoms with Crippen LogP contribution in [0.3, 0.4) is 0 Å². The number of nitrogens with one attached hydrogen (secondary N) is 1. The number of piperazine rings is 1. The maximum Gasteiger partial charge on any atom is 0.125 e. The smallest absolute Gasteiger partial charge is 0.125 e. The lowest BCUT2D eigenvalue weighted by atomic mass is 9.89. The lowest BCUT2D eigenvalue weighted by molar-refractivity contribution is 0.331. The van der Waals surface area contributed by atoms with Gasteiger partial charge in [-0.1, -0.05) is 30.3 Å². The van der Waals surface area contributed by atoms with Crippen LogP contribution in [0.5, 0.6) is 0 Å². The zero-order chi connectivity index (χ0) is 14.9.